The number of halogens is 2. The Bertz CT molecular complexity index is 973. The highest BCUT2D eigenvalue weighted by molar-refractivity contribution is 6.31. The van der Waals surface area contributed by atoms with Gasteiger partial charge < -0.3 is 14.7 Å². The molecule has 144 valence electrons. The van der Waals surface area contributed by atoms with Crippen molar-refractivity contribution in [2.75, 3.05) is 18.4 Å². The van der Waals surface area contributed by atoms with Gasteiger partial charge in [-0.2, -0.15) is 4.98 Å². The topological polar surface area (TPSA) is 84.2 Å². The van der Waals surface area contributed by atoms with E-state index in [2.05, 4.69) is 20.4 Å². The highest BCUT2D eigenvalue weighted by atomic mass is 35.5. The molecule has 0 bridgehead atoms. The van der Waals surface area contributed by atoms with Crippen molar-refractivity contribution >= 4 is 23.3 Å². The van der Waals surface area contributed by atoms with Crippen molar-refractivity contribution in [2.24, 2.45) is 0 Å². The smallest absolute Gasteiger partial charge is 0.321 e. The van der Waals surface area contributed by atoms with Crippen molar-refractivity contribution in [2.45, 2.75) is 18.8 Å². The van der Waals surface area contributed by atoms with Crippen LogP contribution in [-0.2, 0) is 0 Å². The van der Waals surface area contributed by atoms with E-state index in [1.807, 2.05) is 18.2 Å². The SMILES string of the molecule is O=C(Nc1cccc(Cl)c1F)N1CCC(c2nc(-c3ccccn3)no2)CC1. The zero-order chi connectivity index (χ0) is 19.5. The van der Waals surface area contributed by atoms with Crippen LogP contribution in [0.4, 0.5) is 14.9 Å². The van der Waals surface area contributed by atoms with Crippen LogP contribution in [0.5, 0.6) is 0 Å². The molecule has 1 aliphatic rings. The fourth-order valence-electron chi connectivity index (χ4n) is 3.12. The van der Waals surface area contributed by atoms with Crippen molar-refractivity contribution < 1.29 is 13.7 Å². The molecule has 1 aromatic carbocycles. The number of urea groups is 1. The summed E-state index contributed by atoms with van der Waals surface area (Å²) in [5.74, 6) is 0.422. The van der Waals surface area contributed by atoms with Gasteiger partial charge in [-0.05, 0) is 37.1 Å². The van der Waals surface area contributed by atoms with Crippen LogP contribution in [0.3, 0.4) is 0 Å². The molecule has 0 saturated carbocycles. The van der Waals surface area contributed by atoms with Crippen LogP contribution in [-0.4, -0.2) is 39.1 Å². The summed E-state index contributed by atoms with van der Waals surface area (Å²) >= 11 is 5.75. The summed E-state index contributed by atoms with van der Waals surface area (Å²) in [5, 5.41) is 6.53. The maximum absolute atomic E-state index is 14.0. The minimum atomic E-state index is -0.639. The second kappa shape index (κ2) is 7.93. The van der Waals surface area contributed by atoms with E-state index >= 15 is 0 Å². The number of carbonyl (C=O) groups is 1. The molecule has 0 radical (unpaired) electrons. The number of likely N-dealkylation sites (tertiary alicyclic amines) is 1. The third kappa shape index (κ3) is 3.82. The maximum atomic E-state index is 14.0. The average Bonchev–Trinajstić information content (AvgIpc) is 3.22. The fourth-order valence-corrected chi connectivity index (χ4v) is 3.30. The van der Waals surface area contributed by atoms with Crippen molar-refractivity contribution in [3.63, 3.8) is 0 Å². The largest absolute Gasteiger partial charge is 0.339 e. The van der Waals surface area contributed by atoms with E-state index < -0.39 is 5.82 Å². The third-order valence-electron chi connectivity index (χ3n) is 4.66. The lowest BCUT2D eigenvalue weighted by Gasteiger charge is -2.30. The summed E-state index contributed by atoms with van der Waals surface area (Å²) in [4.78, 5) is 22.7. The molecule has 1 fully saturated rings. The van der Waals surface area contributed by atoms with Gasteiger partial charge in [0.25, 0.3) is 0 Å². The van der Waals surface area contributed by atoms with Crippen LogP contribution in [0.1, 0.15) is 24.7 Å². The Morgan fingerprint density at radius 1 is 1.21 bits per heavy atom. The van der Waals surface area contributed by atoms with E-state index in [0.717, 1.165) is 0 Å². The maximum Gasteiger partial charge on any atom is 0.321 e. The highest BCUT2D eigenvalue weighted by Gasteiger charge is 2.28. The van der Waals surface area contributed by atoms with E-state index in [0.29, 0.717) is 43.3 Å². The third-order valence-corrected chi connectivity index (χ3v) is 4.95. The van der Waals surface area contributed by atoms with E-state index in [4.69, 9.17) is 16.1 Å². The first kappa shape index (κ1) is 18.4. The van der Waals surface area contributed by atoms with Crippen LogP contribution in [0.2, 0.25) is 5.02 Å². The number of hydrogen-bond donors (Lipinski definition) is 1. The number of nitrogens with zero attached hydrogens (tertiary/aromatic N) is 4. The Kier molecular flexibility index (Phi) is 5.21. The summed E-state index contributed by atoms with van der Waals surface area (Å²) < 4.78 is 19.4. The number of hydrogen-bond acceptors (Lipinski definition) is 5. The Morgan fingerprint density at radius 2 is 2.04 bits per heavy atom. The molecular formula is C19H17ClFN5O2. The fraction of sp³-hybridized carbons (Fsp3) is 0.263. The van der Waals surface area contributed by atoms with E-state index in [1.165, 1.54) is 12.1 Å². The van der Waals surface area contributed by atoms with Gasteiger partial charge in [-0.15, -0.1) is 0 Å². The number of amides is 2. The molecule has 1 N–H and O–H groups in total. The Balaban J connectivity index is 1.36. The minimum Gasteiger partial charge on any atom is -0.339 e. The number of rotatable bonds is 3. The van der Waals surface area contributed by atoms with Crippen molar-refractivity contribution in [1.82, 2.24) is 20.0 Å². The van der Waals surface area contributed by atoms with E-state index in [-0.39, 0.29) is 22.7 Å². The normalized spacial score (nSPS) is 14.9. The molecular weight excluding hydrogens is 385 g/mol. The van der Waals surface area contributed by atoms with Gasteiger partial charge in [-0.1, -0.05) is 28.9 Å². The molecule has 28 heavy (non-hydrogen) atoms. The monoisotopic (exact) mass is 401 g/mol. The zero-order valence-electron chi connectivity index (χ0n) is 14.8. The van der Waals surface area contributed by atoms with Crippen LogP contribution in [0.25, 0.3) is 11.5 Å². The molecule has 9 heteroatoms. The summed E-state index contributed by atoms with van der Waals surface area (Å²) in [6.07, 6.45) is 3.02. The predicted octanol–water partition coefficient (Wildman–Crippen LogP) is 4.34. The van der Waals surface area contributed by atoms with Crippen LogP contribution >= 0.6 is 11.6 Å². The highest BCUT2D eigenvalue weighted by Crippen LogP contribution is 2.29. The number of carbonyl (C=O) groups excluding carboxylic acids is 1. The molecule has 3 aromatic rings. The summed E-state index contributed by atoms with van der Waals surface area (Å²) in [7, 11) is 0. The van der Waals surface area contributed by atoms with Gasteiger partial charge in [0, 0.05) is 25.2 Å². The van der Waals surface area contributed by atoms with Gasteiger partial charge in [-0.25, -0.2) is 9.18 Å². The number of nitrogens with one attached hydrogen (secondary N) is 1. The quantitative estimate of drug-likeness (QED) is 0.705. The lowest BCUT2D eigenvalue weighted by molar-refractivity contribution is 0.187. The van der Waals surface area contributed by atoms with Crippen LogP contribution in [0.15, 0.2) is 47.1 Å². The van der Waals surface area contributed by atoms with Crippen LogP contribution in [0, 0.1) is 5.82 Å². The average molecular weight is 402 g/mol. The molecule has 4 rings (SSSR count). The molecule has 1 aliphatic heterocycles. The van der Waals surface area contributed by atoms with Gasteiger partial charge in [0.15, 0.2) is 5.82 Å². The van der Waals surface area contributed by atoms with E-state index in [9.17, 15) is 9.18 Å². The van der Waals surface area contributed by atoms with Gasteiger partial charge in [0.2, 0.25) is 11.7 Å². The Labute approximate surface area is 165 Å². The molecule has 0 atom stereocenters. The van der Waals surface area contributed by atoms with Gasteiger partial charge in [0.1, 0.15) is 5.69 Å². The summed E-state index contributed by atoms with van der Waals surface area (Å²) in [6.45, 7) is 1.000. The number of aromatic nitrogens is 3. The lowest BCUT2D eigenvalue weighted by Crippen LogP contribution is -2.40. The van der Waals surface area contributed by atoms with Crippen molar-refractivity contribution in [1.29, 1.82) is 0 Å². The summed E-state index contributed by atoms with van der Waals surface area (Å²) in [6, 6.07) is 9.63. The molecule has 0 spiro atoms. The van der Waals surface area contributed by atoms with Crippen LogP contribution < -0.4 is 5.32 Å². The molecule has 0 unspecified atom stereocenters. The van der Waals surface area contributed by atoms with Crippen molar-refractivity contribution in [3.05, 3.63) is 59.3 Å². The molecule has 2 amide bonds. The van der Waals surface area contributed by atoms with Gasteiger partial charge in [-0.3, -0.25) is 4.98 Å². The Morgan fingerprint density at radius 3 is 2.79 bits per heavy atom. The number of benzene rings is 1. The first-order chi connectivity index (χ1) is 13.6. The summed E-state index contributed by atoms with van der Waals surface area (Å²) in [5.41, 5.74) is 0.717. The number of pyridine rings is 1. The molecule has 0 aliphatic carbocycles. The standard InChI is InChI=1S/C19H17ClFN5O2/c20-13-4-3-6-14(16(13)21)23-19(27)26-10-7-12(8-11-26)18-24-17(25-28-18)15-5-1-2-9-22-15/h1-6,9,12H,7-8,10-11H2,(H,23,27). The number of anilines is 1. The van der Waals surface area contributed by atoms with Gasteiger partial charge in [0.05, 0.1) is 10.7 Å². The number of piperidine rings is 1. The molecule has 3 heterocycles. The second-order valence-electron chi connectivity index (χ2n) is 6.46. The molecule has 2 aromatic heterocycles. The van der Waals surface area contributed by atoms with E-state index in [1.54, 1.807) is 17.2 Å². The van der Waals surface area contributed by atoms with Crippen molar-refractivity contribution in [3.8, 4) is 11.5 Å². The van der Waals surface area contributed by atoms with Gasteiger partial charge >= 0.3 is 6.03 Å². The minimum absolute atomic E-state index is 0.0309. The molecule has 7 nitrogen and oxygen atoms in total. The predicted molar refractivity (Wildman–Crippen MR) is 102 cm³/mol. The first-order valence-electron chi connectivity index (χ1n) is 8.87. The zero-order valence-corrected chi connectivity index (χ0v) is 15.6. The second-order valence-corrected chi connectivity index (χ2v) is 6.87. The molecule has 1 saturated heterocycles. The Hall–Kier alpha value is -3.00. The first-order valence-corrected chi connectivity index (χ1v) is 9.24. The lowest BCUT2D eigenvalue weighted by atomic mass is 9.97.